The number of rotatable bonds is 6. The summed E-state index contributed by atoms with van der Waals surface area (Å²) in [4.78, 5) is 2.15. The third-order valence-corrected chi connectivity index (χ3v) is 13.4. The SMILES string of the molecule is CN(C)c1ccc(C2CC3=C4CC[C@@]5(C)[C@@H](CC[C@@]5(C#N)O[Si](C)(C)C)[C@@H]4CC[C@@]3(O[Si](C)(C)C)CC23OCCO3)cc1. The largest absolute Gasteiger partial charge is 0.408 e. The van der Waals surface area contributed by atoms with Crippen LogP contribution in [0.3, 0.4) is 0 Å². The summed E-state index contributed by atoms with van der Waals surface area (Å²) < 4.78 is 27.5. The van der Waals surface area contributed by atoms with Gasteiger partial charge in [-0.15, -0.1) is 0 Å². The highest BCUT2D eigenvalue weighted by Gasteiger charge is 2.66. The van der Waals surface area contributed by atoms with Crippen molar-refractivity contribution in [2.24, 2.45) is 17.3 Å². The normalized spacial score (nSPS) is 37.1. The Balaban J connectivity index is 1.44. The smallest absolute Gasteiger partial charge is 0.185 e. The van der Waals surface area contributed by atoms with E-state index in [4.69, 9.17) is 18.3 Å². The lowest BCUT2D eigenvalue weighted by Gasteiger charge is -2.59. The Morgan fingerprint density at radius 3 is 2.14 bits per heavy atom. The number of hydrogen-bond donors (Lipinski definition) is 0. The summed E-state index contributed by atoms with van der Waals surface area (Å²) in [7, 11) is 0.359. The number of anilines is 1. The van der Waals surface area contributed by atoms with Crippen LogP contribution >= 0.6 is 0 Å². The molecule has 43 heavy (non-hydrogen) atoms. The highest BCUT2D eigenvalue weighted by Crippen LogP contribution is 2.67. The summed E-state index contributed by atoms with van der Waals surface area (Å²) in [6.07, 6.45) is 7.75. The molecule has 5 aliphatic rings. The van der Waals surface area contributed by atoms with E-state index >= 15 is 0 Å². The van der Waals surface area contributed by atoms with E-state index in [2.05, 4.69) is 95.5 Å². The Morgan fingerprint density at radius 2 is 1.56 bits per heavy atom. The highest BCUT2D eigenvalue weighted by molar-refractivity contribution is 6.70. The van der Waals surface area contributed by atoms with Crippen molar-refractivity contribution >= 4 is 22.3 Å². The van der Waals surface area contributed by atoms with Gasteiger partial charge in [-0.1, -0.05) is 24.6 Å². The van der Waals surface area contributed by atoms with Crippen LogP contribution < -0.4 is 4.90 Å². The van der Waals surface area contributed by atoms with Crippen LogP contribution in [-0.4, -0.2) is 60.9 Å². The minimum atomic E-state index is -1.91. The minimum absolute atomic E-state index is 0.120. The first kappa shape index (κ1) is 31.5. The van der Waals surface area contributed by atoms with Crippen LogP contribution in [-0.2, 0) is 18.3 Å². The van der Waals surface area contributed by atoms with Gasteiger partial charge in [0.05, 0.1) is 24.9 Å². The predicted molar refractivity (Wildman–Crippen MR) is 177 cm³/mol. The van der Waals surface area contributed by atoms with Gasteiger partial charge in [0.2, 0.25) is 0 Å². The van der Waals surface area contributed by atoms with Crippen molar-refractivity contribution in [3.8, 4) is 6.07 Å². The lowest BCUT2D eigenvalue weighted by molar-refractivity contribution is -0.217. The van der Waals surface area contributed by atoms with E-state index in [1.54, 1.807) is 11.1 Å². The monoisotopic (exact) mass is 622 g/mol. The first-order chi connectivity index (χ1) is 20.1. The van der Waals surface area contributed by atoms with E-state index in [0.29, 0.717) is 25.0 Å². The molecule has 0 N–H and O–H groups in total. The average Bonchev–Trinajstić information content (AvgIpc) is 3.48. The van der Waals surface area contributed by atoms with E-state index < -0.39 is 28.0 Å². The molecular formula is C35H54N2O4Si2. The molecule has 8 heteroatoms. The maximum Gasteiger partial charge on any atom is 0.185 e. The number of allylic oxidation sites excluding steroid dienone is 1. The molecule has 0 bridgehead atoms. The van der Waals surface area contributed by atoms with Gasteiger partial charge < -0.3 is 23.2 Å². The lowest BCUT2D eigenvalue weighted by Crippen LogP contribution is -2.59. The molecule has 1 spiro atoms. The summed E-state index contributed by atoms with van der Waals surface area (Å²) >= 11 is 0. The Kier molecular flexibility index (Phi) is 7.72. The molecule has 6 rings (SSSR count). The molecule has 1 aliphatic heterocycles. The van der Waals surface area contributed by atoms with Crippen LogP contribution in [0.5, 0.6) is 0 Å². The third kappa shape index (κ3) is 5.20. The van der Waals surface area contributed by atoms with Gasteiger partial charge in [-0.3, -0.25) is 0 Å². The maximum atomic E-state index is 10.7. The summed E-state index contributed by atoms with van der Waals surface area (Å²) in [5.41, 5.74) is 4.54. The van der Waals surface area contributed by atoms with E-state index in [-0.39, 0.29) is 16.9 Å². The number of hydrogen-bond acceptors (Lipinski definition) is 6. The molecule has 1 saturated heterocycles. The van der Waals surface area contributed by atoms with Crippen molar-refractivity contribution in [3.05, 3.63) is 41.0 Å². The summed E-state index contributed by atoms with van der Waals surface area (Å²) in [5.74, 6) is 0.422. The molecule has 6 atom stereocenters. The highest BCUT2D eigenvalue weighted by atomic mass is 28.4. The molecule has 0 radical (unpaired) electrons. The molecule has 0 amide bonds. The number of ether oxygens (including phenoxy) is 2. The van der Waals surface area contributed by atoms with Gasteiger partial charge in [-0.25, -0.2) is 0 Å². The van der Waals surface area contributed by atoms with Gasteiger partial charge in [0, 0.05) is 37.5 Å². The second-order valence-electron chi connectivity index (χ2n) is 16.5. The first-order valence-electron chi connectivity index (χ1n) is 16.7. The molecular weight excluding hydrogens is 569 g/mol. The zero-order chi connectivity index (χ0) is 31.1. The maximum absolute atomic E-state index is 10.7. The Hall–Kier alpha value is -1.48. The average molecular weight is 623 g/mol. The van der Waals surface area contributed by atoms with Crippen molar-refractivity contribution in [1.29, 1.82) is 5.26 Å². The Bertz CT molecular complexity index is 1300. The third-order valence-electron chi connectivity index (χ3n) is 11.4. The van der Waals surface area contributed by atoms with Gasteiger partial charge in [-0.05, 0) is 119 Å². The molecule has 1 aromatic carbocycles. The minimum Gasteiger partial charge on any atom is -0.408 e. The van der Waals surface area contributed by atoms with Crippen LogP contribution in [0.4, 0.5) is 5.69 Å². The fourth-order valence-electron chi connectivity index (χ4n) is 9.87. The van der Waals surface area contributed by atoms with Crippen molar-refractivity contribution in [1.82, 2.24) is 0 Å². The van der Waals surface area contributed by atoms with Gasteiger partial charge in [0.15, 0.2) is 22.4 Å². The van der Waals surface area contributed by atoms with Gasteiger partial charge in [0.1, 0.15) is 5.60 Å². The zero-order valence-corrected chi connectivity index (χ0v) is 30.1. The molecule has 4 aliphatic carbocycles. The molecule has 0 aromatic heterocycles. The van der Waals surface area contributed by atoms with Gasteiger partial charge >= 0.3 is 0 Å². The van der Waals surface area contributed by atoms with Gasteiger partial charge in [-0.2, -0.15) is 5.26 Å². The van der Waals surface area contributed by atoms with Crippen molar-refractivity contribution in [2.45, 2.75) is 120 Å². The molecule has 1 unspecified atom stereocenters. The Labute approximate surface area is 262 Å². The lowest BCUT2D eigenvalue weighted by atomic mass is 9.52. The number of benzene rings is 1. The number of nitrogens with zero attached hydrogens (tertiary/aromatic N) is 2. The van der Waals surface area contributed by atoms with Crippen LogP contribution in [0.25, 0.3) is 0 Å². The van der Waals surface area contributed by atoms with Crippen molar-refractivity contribution in [3.63, 3.8) is 0 Å². The molecule has 3 saturated carbocycles. The fraction of sp³-hybridized carbons (Fsp3) is 0.743. The van der Waals surface area contributed by atoms with Crippen LogP contribution in [0.2, 0.25) is 39.3 Å². The molecule has 4 fully saturated rings. The molecule has 6 nitrogen and oxygen atoms in total. The zero-order valence-electron chi connectivity index (χ0n) is 28.1. The van der Waals surface area contributed by atoms with Crippen molar-refractivity contribution in [2.75, 3.05) is 32.2 Å². The second kappa shape index (κ2) is 10.5. The molecule has 236 valence electrons. The summed E-state index contributed by atoms with van der Waals surface area (Å²) in [5, 5.41) is 10.7. The summed E-state index contributed by atoms with van der Waals surface area (Å²) in [6, 6.07) is 11.8. The Morgan fingerprint density at radius 1 is 0.907 bits per heavy atom. The quantitative estimate of drug-likeness (QED) is 0.237. The van der Waals surface area contributed by atoms with Crippen LogP contribution in [0.15, 0.2) is 35.4 Å². The number of nitriles is 1. The first-order valence-corrected chi connectivity index (χ1v) is 23.5. The van der Waals surface area contributed by atoms with Gasteiger partial charge in [0.25, 0.3) is 0 Å². The topological polar surface area (TPSA) is 64.0 Å². The second-order valence-corrected chi connectivity index (χ2v) is 25.4. The van der Waals surface area contributed by atoms with Crippen LogP contribution in [0, 0.1) is 28.6 Å². The van der Waals surface area contributed by atoms with Crippen molar-refractivity contribution < 1.29 is 18.3 Å². The van der Waals surface area contributed by atoms with E-state index in [0.717, 1.165) is 51.4 Å². The van der Waals surface area contributed by atoms with E-state index in [1.807, 2.05) is 0 Å². The predicted octanol–water partition coefficient (Wildman–Crippen LogP) is 7.99. The van der Waals surface area contributed by atoms with Crippen LogP contribution in [0.1, 0.15) is 69.8 Å². The molecule has 1 heterocycles. The van der Waals surface area contributed by atoms with E-state index in [9.17, 15) is 5.26 Å². The molecule has 1 aromatic rings. The fourth-order valence-corrected chi connectivity index (χ4v) is 12.8. The standard InChI is InChI=1S/C35H54N2O4Si2/c1-32-17-14-28-27(29(32)16-19-34(32,24-36)41-43(7,8)9)15-18-33(40-42(4,5)6)23-35(38-20-21-39-35)30(22-31(28)33)25-10-12-26(13-11-25)37(2)3/h10-13,27,29-30H,14-23H2,1-9H3/t27-,29+,30?,32+,33-,34+/m1/s1. The van der Waals surface area contributed by atoms with E-state index in [1.165, 1.54) is 11.3 Å². The number of fused-ring (bicyclic) bond motifs is 4. The summed E-state index contributed by atoms with van der Waals surface area (Å²) in [6.45, 7) is 17.4.